The predicted molar refractivity (Wildman–Crippen MR) is 74.6 cm³/mol. The maximum absolute atomic E-state index is 12.3. The van der Waals surface area contributed by atoms with Crippen molar-refractivity contribution in [3.63, 3.8) is 0 Å². The molecule has 1 aliphatic rings. The van der Waals surface area contributed by atoms with Crippen molar-refractivity contribution in [1.29, 1.82) is 0 Å². The van der Waals surface area contributed by atoms with E-state index in [1.807, 2.05) is 0 Å². The van der Waals surface area contributed by atoms with Crippen molar-refractivity contribution in [2.45, 2.75) is 16.9 Å². The van der Waals surface area contributed by atoms with Crippen molar-refractivity contribution in [3.8, 4) is 0 Å². The molecule has 1 atom stereocenters. The first kappa shape index (κ1) is 15.2. The van der Waals surface area contributed by atoms with Crippen molar-refractivity contribution in [2.75, 3.05) is 32.3 Å². The molecule has 0 aliphatic carbocycles. The van der Waals surface area contributed by atoms with Crippen LogP contribution in [0.15, 0.2) is 29.2 Å². The summed E-state index contributed by atoms with van der Waals surface area (Å²) in [4.78, 5) is 0.104. The third-order valence-corrected chi connectivity index (χ3v) is 4.88. The minimum Gasteiger partial charge on any atom is -0.378 e. The number of nitrogens with one attached hydrogen (secondary N) is 2. The number of methoxy groups -OCH3 is 1. The average Bonchev–Trinajstić information content (AvgIpc) is 2.95. The summed E-state index contributed by atoms with van der Waals surface area (Å²) in [5.41, 5.74) is 2.12. The molecule has 1 heterocycles. The smallest absolute Gasteiger partial charge is 0.242 e. The Morgan fingerprint density at radius 1 is 1.45 bits per heavy atom. The average molecular weight is 301 g/mol. The highest BCUT2D eigenvalue weighted by atomic mass is 32.2. The first-order valence-electron chi connectivity index (χ1n) is 6.21. The lowest BCUT2D eigenvalue weighted by molar-refractivity contribution is -0.0120. The van der Waals surface area contributed by atoms with Crippen molar-refractivity contribution < 1.29 is 17.9 Å². The van der Waals surface area contributed by atoms with Crippen LogP contribution in [0, 0.1) is 0 Å². The molecule has 1 aromatic carbocycles. The van der Waals surface area contributed by atoms with Crippen LogP contribution in [-0.2, 0) is 19.5 Å². The standard InChI is InChI=1S/C12H19N3O4S/c1-18-12(6-7-19-9-12)8-14-20(16,17)11-5-3-2-4-10(11)15-13/h2-5,14-15H,6-9,13H2,1H3. The topological polar surface area (TPSA) is 103 Å². The first-order chi connectivity index (χ1) is 9.53. The summed E-state index contributed by atoms with van der Waals surface area (Å²) in [5.74, 6) is 5.33. The molecule has 1 aromatic rings. The lowest BCUT2D eigenvalue weighted by atomic mass is 10.0. The maximum atomic E-state index is 12.3. The molecule has 112 valence electrons. The number of para-hydroxylation sites is 1. The van der Waals surface area contributed by atoms with Gasteiger partial charge in [-0.2, -0.15) is 0 Å². The number of hydrogen-bond donors (Lipinski definition) is 3. The van der Waals surface area contributed by atoms with E-state index in [1.165, 1.54) is 6.07 Å². The highest BCUT2D eigenvalue weighted by Crippen LogP contribution is 2.24. The van der Waals surface area contributed by atoms with E-state index in [1.54, 1.807) is 25.3 Å². The molecular weight excluding hydrogens is 282 g/mol. The summed E-state index contributed by atoms with van der Waals surface area (Å²) in [6.45, 7) is 1.10. The molecule has 2 rings (SSSR count). The van der Waals surface area contributed by atoms with Crippen LogP contribution in [0.3, 0.4) is 0 Å². The number of benzene rings is 1. The molecule has 0 spiro atoms. The van der Waals surface area contributed by atoms with Gasteiger partial charge in [-0.25, -0.2) is 13.1 Å². The van der Waals surface area contributed by atoms with Crippen LogP contribution in [0.1, 0.15) is 6.42 Å². The third kappa shape index (κ3) is 3.10. The molecule has 7 nitrogen and oxygen atoms in total. The van der Waals surface area contributed by atoms with E-state index in [0.717, 1.165) is 0 Å². The second-order valence-electron chi connectivity index (χ2n) is 4.65. The Kier molecular flexibility index (Phi) is 4.61. The summed E-state index contributed by atoms with van der Waals surface area (Å²) >= 11 is 0. The third-order valence-electron chi connectivity index (χ3n) is 3.42. The van der Waals surface area contributed by atoms with Crippen molar-refractivity contribution >= 4 is 15.7 Å². The Labute approximate surface area is 118 Å². The summed E-state index contributed by atoms with van der Waals surface area (Å²) in [6, 6.07) is 6.43. The van der Waals surface area contributed by atoms with Gasteiger partial charge in [0.2, 0.25) is 10.0 Å². The van der Waals surface area contributed by atoms with Gasteiger partial charge in [-0.15, -0.1) is 0 Å². The number of sulfonamides is 1. The number of rotatable bonds is 6. The van der Waals surface area contributed by atoms with E-state index in [-0.39, 0.29) is 11.4 Å². The van der Waals surface area contributed by atoms with Crippen LogP contribution in [-0.4, -0.2) is 40.9 Å². The van der Waals surface area contributed by atoms with Crippen molar-refractivity contribution in [3.05, 3.63) is 24.3 Å². The Bertz CT molecular complexity index is 556. The normalized spacial score (nSPS) is 22.9. The highest BCUT2D eigenvalue weighted by Gasteiger charge is 2.36. The summed E-state index contributed by atoms with van der Waals surface area (Å²) in [5, 5.41) is 0. The van der Waals surface area contributed by atoms with Gasteiger partial charge >= 0.3 is 0 Å². The van der Waals surface area contributed by atoms with Gasteiger partial charge in [0, 0.05) is 26.7 Å². The van der Waals surface area contributed by atoms with Crippen LogP contribution >= 0.6 is 0 Å². The lowest BCUT2D eigenvalue weighted by Crippen LogP contribution is -2.45. The van der Waals surface area contributed by atoms with E-state index >= 15 is 0 Å². The zero-order valence-corrected chi connectivity index (χ0v) is 12.1. The van der Waals surface area contributed by atoms with E-state index in [9.17, 15) is 8.42 Å². The van der Waals surface area contributed by atoms with Crippen LogP contribution in [0.4, 0.5) is 5.69 Å². The largest absolute Gasteiger partial charge is 0.378 e. The van der Waals surface area contributed by atoms with Crippen LogP contribution < -0.4 is 16.0 Å². The molecular formula is C12H19N3O4S. The fraction of sp³-hybridized carbons (Fsp3) is 0.500. The molecule has 20 heavy (non-hydrogen) atoms. The van der Waals surface area contributed by atoms with E-state index in [2.05, 4.69) is 10.1 Å². The van der Waals surface area contributed by atoms with E-state index in [0.29, 0.717) is 25.3 Å². The molecule has 1 fully saturated rings. The zero-order valence-electron chi connectivity index (χ0n) is 11.3. The summed E-state index contributed by atoms with van der Waals surface area (Å²) in [7, 11) is -2.11. The van der Waals surface area contributed by atoms with Crippen LogP contribution in [0.2, 0.25) is 0 Å². The fourth-order valence-electron chi connectivity index (χ4n) is 2.09. The second-order valence-corrected chi connectivity index (χ2v) is 6.39. The quantitative estimate of drug-likeness (QED) is 0.507. The van der Waals surface area contributed by atoms with Crippen LogP contribution in [0.5, 0.6) is 0 Å². The monoisotopic (exact) mass is 301 g/mol. The van der Waals surface area contributed by atoms with Gasteiger partial charge in [0.15, 0.2) is 0 Å². The van der Waals surface area contributed by atoms with Gasteiger partial charge in [-0.3, -0.25) is 5.84 Å². The minimum absolute atomic E-state index is 0.104. The summed E-state index contributed by atoms with van der Waals surface area (Å²) < 4.78 is 37.9. The number of nitrogen functional groups attached to an aromatic ring is 1. The molecule has 4 N–H and O–H groups in total. The zero-order chi connectivity index (χ0) is 14.6. The fourth-order valence-corrected chi connectivity index (χ4v) is 3.37. The number of nitrogens with two attached hydrogens (primary N) is 1. The maximum Gasteiger partial charge on any atom is 0.242 e. The molecule has 8 heteroatoms. The molecule has 0 saturated carbocycles. The Hall–Kier alpha value is -1.19. The first-order valence-corrected chi connectivity index (χ1v) is 7.69. The lowest BCUT2D eigenvalue weighted by Gasteiger charge is -2.26. The highest BCUT2D eigenvalue weighted by molar-refractivity contribution is 7.89. The Balaban J connectivity index is 2.15. The SMILES string of the molecule is COC1(CNS(=O)(=O)c2ccccc2NN)CCOC1. The van der Waals surface area contributed by atoms with Gasteiger partial charge in [-0.1, -0.05) is 12.1 Å². The Morgan fingerprint density at radius 2 is 2.20 bits per heavy atom. The van der Waals surface area contributed by atoms with Crippen molar-refractivity contribution in [2.24, 2.45) is 5.84 Å². The minimum atomic E-state index is -3.67. The van der Waals surface area contributed by atoms with Crippen molar-refractivity contribution in [1.82, 2.24) is 4.72 Å². The number of ether oxygens (including phenoxy) is 2. The number of hydrogen-bond acceptors (Lipinski definition) is 6. The molecule has 1 saturated heterocycles. The van der Waals surface area contributed by atoms with Gasteiger partial charge in [0.1, 0.15) is 10.5 Å². The van der Waals surface area contributed by atoms with Crippen LogP contribution in [0.25, 0.3) is 0 Å². The predicted octanol–water partition coefficient (Wildman–Crippen LogP) is 0.0560. The van der Waals surface area contributed by atoms with Gasteiger partial charge in [0.25, 0.3) is 0 Å². The molecule has 0 radical (unpaired) electrons. The molecule has 1 aliphatic heterocycles. The van der Waals surface area contributed by atoms with E-state index < -0.39 is 15.6 Å². The van der Waals surface area contributed by atoms with Gasteiger partial charge < -0.3 is 14.9 Å². The molecule has 1 unspecified atom stereocenters. The van der Waals surface area contributed by atoms with Gasteiger partial charge in [0.05, 0.1) is 12.3 Å². The molecule has 0 bridgehead atoms. The Morgan fingerprint density at radius 3 is 2.80 bits per heavy atom. The summed E-state index contributed by atoms with van der Waals surface area (Å²) in [6.07, 6.45) is 0.656. The van der Waals surface area contributed by atoms with Gasteiger partial charge in [-0.05, 0) is 12.1 Å². The molecule has 0 aromatic heterocycles. The molecule has 0 amide bonds. The second kappa shape index (κ2) is 6.06. The number of hydrazine groups is 1. The number of anilines is 1. The van der Waals surface area contributed by atoms with E-state index in [4.69, 9.17) is 15.3 Å².